The molecule has 0 bridgehead atoms. The van der Waals surface area contributed by atoms with Gasteiger partial charge in [0.25, 0.3) is 11.1 Å². The molecule has 0 radical (unpaired) electrons. The van der Waals surface area contributed by atoms with Gasteiger partial charge in [-0.15, -0.1) is 0 Å². The molecule has 188 valence electrons. The van der Waals surface area contributed by atoms with Crippen molar-refractivity contribution >= 4 is 54.8 Å². The maximum absolute atomic E-state index is 13.9. The Bertz CT molecular complexity index is 3580. The summed E-state index contributed by atoms with van der Waals surface area (Å²) in [5.41, 5.74) is -6.23. The second kappa shape index (κ2) is 7.48. The maximum Gasteiger partial charge on any atom is 0.286 e. The molecule has 0 spiro atoms. The molecular formula is C34H19N3O3. The summed E-state index contributed by atoms with van der Waals surface area (Å²) in [5, 5.41) is -2.14. The third-order valence-corrected chi connectivity index (χ3v) is 6.78. The van der Waals surface area contributed by atoms with Crippen LogP contribution in [0, 0.1) is 0 Å². The van der Waals surface area contributed by atoms with Crippen LogP contribution < -0.4 is 11.1 Å². The van der Waals surface area contributed by atoms with E-state index in [4.69, 9.17) is 27.7 Å². The molecule has 0 N–H and O–H groups in total. The van der Waals surface area contributed by atoms with Crippen molar-refractivity contribution in [2.45, 2.75) is 0 Å². The van der Waals surface area contributed by atoms with Crippen molar-refractivity contribution in [3.8, 4) is 16.8 Å². The summed E-state index contributed by atoms with van der Waals surface area (Å²) in [6, 6.07) is -12.8. The van der Waals surface area contributed by atoms with Crippen LogP contribution >= 0.6 is 0 Å². The molecule has 0 saturated heterocycles. The van der Waals surface area contributed by atoms with E-state index in [1.54, 1.807) is 0 Å². The van der Waals surface area contributed by atoms with Gasteiger partial charge >= 0.3 is 0 Å². The Hall–Kier alpha value is -5.62. The van der Waals surface area contributed by atoms with Crippen molar-refractivity contribution in [2.24, 2.45) is 0 Å². The normalized spacial score (nSPS) is 18.5. The molecule has 0 unspecified atom stereocenters. The molecule has 9 aromatic rings. The lowest BCUT2D eigenvalue weighted by Gasteiger charge is -2.08. The molecule has 6 nitrogen and oxygen atoms in total. The van der Waals surface area contributed by atoms with Crippen molar-refractivity contribution in [1.82, 2.24) is 13.6 Å². The summed E-state index contributed by atoms with van der Waals surface area (Å²) in [5.74, 6) is 0. The minimum absolute atomic E-state index is 0.349. The highest BCUT2D eigenvalue weighted by atomic mass is 16.3. The average Bonchev–Trinajstić information content (AvgIpc) is 3.91. The van der Waals surface area contributed by atoms with Gasteiger partial charge in [0.15, 0.2) is 0 Å². The number of hydrogen-bond donors (Lipinski definition) is 0. The predicted octanol–water partition coefficient (Wildman–Crippen LogP) is 7.01. The average molecular weight is 536 g/mol. The van der Waals surface area contributed by atoms with E-state index in [0.717, 1.165) is 15.1 Å². The summed E-state index contributed by atoms with van der Waals surface area (Å²) in [4.78, 5) is 27.8. The largest absolute Gasteiger partial charge is 0.437 e. The Balaban J connectivity index is 1.55. The van der Waals surface area contributed by atoms with Gasteiger partial charge in [-0.3, -0.25) is 9.59 Å². The first kappa shape index (κ1) is 10.5. The summed E-state index contributed by atoms with van der Waals surface area (Å²) in [6.45, 7) is 0. The van der Waals surface area contributed by atoms with Crippen LogP contribution in [0.1, 0.15) is 24.7 Å². The first-order valence-electron chi connectivity index (χ1n) is 20.7. The van der Waals surface area contributed by atoms with Crippen molar-refractivity contribution < 1.29 is 29.1 Å². The molecule has 0 saturated carbocycles. The molecule has 4 aromatic heterocycles. The Labute approximate surface area is 250 Å². The fourth-order valence-corrected chi connectivity index (χ4v) is 5.18. The monoisotopic (exact) mass is 535 g/mol. The van der Waals surface area contributed by atoms with Gasteiger partial charge in [0.05, 0.1) is 46.6 Å². The minimum atomic E-state index is -1.11. The first-order valence-corrected chi connectivity index (χ1v) is 11.7. The van der Waals surface area contributed by atoms with Gasteiger partial charge in [0, 0.05) is 21.8 Å². The number of aromatic nitrogens is 3. The quantitative estimate of drug-likeness (QED) is 0.239. The molecule has 0 atom stereocenters. The Kier molecular flexibility index (Phi) is 1.97. The smallest absolute Gasteiger partial charge is 0.286 e. The van der Waals surface area contributed by atoms with Crippen LogP contribution in [0.25, 0.3) is 71.6 Å². The van der Waals surface area contributed by atoms with Gasteiger partial charge in [0.2, 0.25) is 5.71 Å². The molecule has 0 fully saturated rings. The third kappa shape index (κ3) is 2.57. The Morgan fingerprint density at radius 2 is 1.35 bits per heavy atom. The lowest BCUT2D eigenvalue weighted by Crippen LogP contribution is -2.21. The summed E-state index contributed by atoms with van der Waals surface area (Å²) in [7, 11) is 0. The van der Waals surface area contributed by atoms with Crippen LogP contribution in [0.2, 0.25) is 0 Å². The molecule has 40 heavy (non-hydrogen) atoms. The van der Waals surface area contributed by atoms with Crippen LogP contribution in [-0.2, 0) is 0 Å². The van der Waals surface area contributed by atoms with Gasteiger partial charge in [-0.05, 0) is 53.4 Å². The fourth-order valence-electron chi connectivity index (χ4n) is 5.18. The molecule has 4 heterocycles. The van der Waals surface area contributed by atoms with E-state index in [2.05, 4.69) is 0 Å². The lowest BCUT2D eigenvalue weighted by atomic mass is 9.98. The van der Waals surface area contributed by atoms with Gasteiger partial charge in [0.1, 0.15) is 11.0 Å². The fraction of sp³-hybridized carbons (Fsp3) is 0. The van der Waals surface area contributed by atoms with Gasteiger partial charge in [-0.25, -0.2) is 4.52 Å². The number of nitrogens with zero attached hydrogens (tertiary/aromatic N) is 3. The zero-order chi connectivity index (χ0) is 42.2. The Morgan fingerprint density at radius 1 is 0.600 bits per heavy atom. The standard InChI is InChI=1S/C34H19N3O3/c38-32-24-18-17-20(19-28(24)36-34-31(33(39)37(32)36)25-12-5-7-16-29(25)40-34)22-13-8-15-27-30(22)23-11-4-6-14-26(23)35(27)21-9-2-1-3-10-21/h1-19H/i1D,2D,3D,4D,5D,6D,7D,8D,9D,10D,11D,12D,13D,14D,15D,16D,18D,19D. The number of fused-ring (bicyclic) bond motifs is 10. The van der Waals surface area contributed by atoms with E-state index < -0.39 is 186 Å². The second-order valence-electron chi connectivity index (χ2n) is 8.78. The van der Waals surface area contributed by atoms with Crippen LogP contribution in [0.15, 0.2) is 129 Å². The van der Waals surface area contributed by atoms with Gasteiger partial charge in [-0.2, -0.15) is 4.52 Å². The van der Waals surface area contributed by atoms with Gasteiger partial charge in [-0.1, -0.05) is 72.5 Å². The van der Waals surface area contributed by atoms with Crippen LogP contribution in [-0.4, -0.2) is 13.6 Å². The highest BCUT2D eigenvalue weighted by molar-refractivity contribution is 6.16. The van der Waals surface area contributed by atoms with E-state index in [0.29, 0.717) is 4.52 Å². The number of hydrogen-bond acceptors (Lipinski definition) is 3. The Morgan fingerprint density at radius 3 is 2.23 bits per heavy atom. The molecule has 0 aliphatic rings. The minimum Gasteiger partial charge on any atom is -0.437 e. The molecule has 0 aliphatic heterocycles. The van der Waals surface area contributed by atoms with Crippen LogP contribution in [0.4, 0.5) is 0 Å². The van der Waals surface area contributed by atoms with E-state index in [1.165, 1.54) is 0 Å². The first-order chi connectivity index (χ1) is 27.2. The zero-order valence-electron chi connectivity index (χ0n) is 37.6. The highest BCUT2D eigenvalue weighted by Crippen LogP contribution is 2.39. The van der Waals surface area contributed by atoms with Crippen molar-refractivity contribution in [3.63, 3.8) is 0 Å². The SMILES string of the molecule is [2H]c1c([2H])c([2H])c(-n2c3c([2H])c([2H])c([2H])c([2H])c3c3c(-c4cc([2H])c5c(=O)n6c(=O)c7c8c([2H])c([2H])c([2H])c([2H])c8oc7n6c5c4[2H])c([2H])c([2H])c([2H])c32)c([2H])c1[2H]. The predicted molar refractivity (Wildman–Crippen MR) is 159 cm³/mol. The number of benzene rings is 5. The molecule has 9 rings (SSSR count). The van der Waals surface area contributed by atoms with Crippen molar-refractivity contribution in [1.29, 1.82) is 0 Å². The molecule has 5 aromatic carbocycles. The maximum atomic E-state index is 13.9. The van der Waals surface area contributed by atoms with E-state index in [-0.39, 0.29) is 5.39 Å². The van der Waals surface area contributed by atoms with Crippen LogP contribution in [0.5, 0.6) is 0 Å². The van der Waals surface area contributed by atoms with Gasteiger partial charge < -0.3 is 8.98 Å². The third-order valence-electron chi connectivity index (χ3n) is 6.78. The molecular weight excluding hydrogens is 498 g/mol. The highest BCUT2D eigenvalue weighted by Gasteiger charge is 2.23. The molecule has 6 heteroatoms. The number of para-hydroxylation sites is 3. The topological polar surface area (TPSA) is 61.0 Å². The van der Waals surface area contributed by atoms with Crippen molar-refractivity contribution in [3.05, 3.63) is 136 Å². The number of furan rings is 1. The molecule has 0 amide bonds. The second-order valence-corrected chi connectivity index (χ2v) is 8.78. The van der Waals surface area contributed by atoms with Crippen molar-refractivity contribution in [2.75, 3.05) is 0 Å². The lowest BCUT2D eigenvalue weighted by molar-refractivity contribution is 0.631. The van der Waals surface area contributed by atoms with E-state index in [1.807, 2.05) is 0 Å². The number of rotatable bonds is 2. The zero-order valence-corrected chi connectivity index (χ0v) is 19.6. The molecule has 0 aliphatic carbocycles. The summed E-state index contributed by atoms with van der Waals surface area (Å²) >= 11 is 0. The summed E-state index contributed by atoms with van der Waals surface area (Å²) in [6.07, 6.45) is 0. The van der Waals surface area contributed by atoms with Crippen LogP contribution in [0.3, 0.4) is 0 Å². The van der Waals surface area contributed by atoms with E-state index in [9.17, 15) is 11.0 Å². The van der Waals surface area contributed by atoms with E-state index >= 15 is 0 Å². The summed E-state index contributed by atoms with van der Waals surface area (Å²) < 4.78 is 164.